The van der Waals surface area contributed by atoms with E-state index < -0.39 is 20.0 Å². The van der Waals surface area contributed by atoms with Crippen LogP contribution in [0, 0.1) is 11.3 Å². The second-order valence-electron chi connectivity index (χ2n) is 7.52. The summed E-state index contributed by atoms with van der Waals surface area (Å²) in [6.45, 7) is 3.13. The van der Waals surface area contributed by atoms with Crippen molar-refractivity contribution in [1.29, 1.82) is 5.26 Å². The zero-order chi connectivity index (χ0) is 22.6. The molecule has 2 heterocycles. The highest BCUT2D eigenvalue weighted by molar-refractivity contribution is 7.89. The molecule has 10 nitrogen and oxygen atoms in total. The summed E-state index contributed by atoms with van der Waals surface area (Å²) >= 11 is 0. The van der Waals surface area contributed by atoms with Crippen molar-refractivity contribution in [2.45, 2.75) is 30.7 Å². The third kappa shape index (κ3) is 5.17. The van der Waals surface area contributed by atoms with Gasteiger partial charge in [0, 0.05) is 45.3 Å². The number of hydrogen-bond donors (Lipinski definition) is 1. The highest BCUT2D eigenvalue weighted by atomic mass is 32.2. The Labute approximate surface area is 183 Å². The molecule has 0 bridgehead atoms. The number of hydrogen-bond acceptors (Lipinski definition) is 6. The number of carbonyl (C=O) groups is 1. The number of rotatable bonds is 5. The summed E-state index contributed by atoms with van der Waals surface area (Å²) in [7, 11) is -7.03. The van der Waals surface area contributed by atoms with Gasteiger partial charge >= 0.3 is 6.03 Å². The highest BCUT2D eigenvalue weighted by Crippen LogP contribution is 2.21. The van der Waals surface area contributed by atoms with Gasteiger partial charge in [0.2, 0.25) is 20.0 Å². The lowest BCUT2D eigenvalue weighted by atomic mass is 10.1. The van der Waals surface area contributed by atoms with E-state index in [9.17, 15) is 26.9 Å². The molecule has 170 valence electrons. The number of urea groups is 1. The first-order valence-corrected chi connectivity index (χ1v) is 13.3. The van der Waals surface area contributed by atoms with Crippen molar-refractivity contribution < 1.29 is 21.6 Å². The monoisotopic (exact) mass is 469 g/mol. The molecule has 1 aromatic rings. The number of benzene rings is 1. The molecule has 12 heteroatoms. The number of nitriles is 1. The Morgan fingerprint density at radius 3 is 2.23 bits per heavy atom. The van der Waals surface area contributed by atoms with Crippen molar-refractivity contribution in [1.82, 2.24) is 18.8 Å². The fourth-order valence-corrected chi connectivity index (χ4v) is 6.48. The molecule has 3 rings (SSSR count). The van der Waals surface area contributed by atoms with Crippen LogP contribution in [0.4, 0.5) is 4.79 Å². The summed E-state index contributed by atoms with van der Waals surface area (Å²) in [5, 5.41) is 12.1. The van der Waals surface area contributed by atoms with E-state index in [4.69, 9.17) is 0 Å². The Kier molecular flexibility index (Phi) is 7.20. The minimum absolute atomic E-state index is 0.0239. The minimum atomic E-state index is -3.81. The van der Waals surface area contributed by atoms with E-state index in [-0.39, 0.29) is 54.5 Å². The number of nitrogens with one attached hydrogen (secondary N) is 1. The topological polar surface area (TPSA) is 131 Å². The zero-order valence-corrected chi connectivity index (χ0v) is 19.0. The van der Waals surface area contributed by atoms with Crippen LogP contribution in [0.5, 0.6) is 0 Å². The van der Waals surface area contributed by atoms with Gasteiger partial charge in [-0.15, -0.1) is 0 Å². The molecular formula is C19H27N5O5S2. The molecule has 2 aliphatic rings. The fraction of sp³-hybridized carbons (Fsp3) is 0.579. The van der Waals surface area contributed by atoms with E-state index in [2.05, 4.69) is 5.32 Å². The van der Waals surface area contributed by atoms with E-state index in [1.807, 2.05) is 6.07 Å². The lowest BCUT2D eigenvalue weighted by Crippen LogP contribution is -2.55. The Bertz CT molecular complexity index is 1050. The number of carbonyl (C=O) groups excluding carboxylic acids is 1. The number of piperidine rings is 1. The first kappa shape index (κ1) is 23.5. The molecule has 0 aliphatic carbocycles. The van der Waals surface area contributed by atoms with Crippen LogP contribution in [-0.4, -0.2) is 87.4 Å². The van der Waals surface area contributed by atoms with Crippen molar-refractivity contribution in [3.8, 4) is 6.07 Å². The number of piperazine rings is 1. The number of sulfonamides is 2. The summed E-state index contributed by atoms with van der Waals surface area (Å²) in [6, 6.07) is 7.60. The second kappa shape index (κ2) is 9.52. The first-order valence-electron chi connectivity index (χ1n) is 10.2. The maximum absolute atomic E-state index is 12.9. The van der Waals surface area contributed by atoms with Crippen LogP contribution >= 0.6 is 0 Å². The number of amides is 2. The molecule has 2 aliphatic heterocycles. The quantitative estimate of drug-likeness (QED) is 0.664. The summed E-state index contributed by atoms with van der Waals surface area (Å²) in [6.07, 6.45) is 1.09. The minimum Gasteiger partial charge on any atom is -0.335 e. The third-order valence-electron chi connectivity index (χ3n) is 5.69. The molecule has 1 aromatic carbocycles. The van der Waals surface area contributed by atoms with Crippen LogP contribution in [0.3, 0.4) is 0 Å². The van der Waals surface area contributed by atoms with Gasteiger partial charge in [-0.1, -0.05) is 12.1 Å². The van der Waals surface area contributed by atoms with E-state index in [0.717, 1.165) is 0 Å². The van der Waals surface area contributed by atoms with Gasteiger partial charge in [0.25, 0.3) is 0 Å². The van der Waals surface area contributed by atoms with Crippen LogP contribution < -0.4 is 5.32 Å². The van der Waals surface area contributed by atoms with Gasteiger partial charge in [-0.3, -0.25) is 0 Å². The fourth-order valence-electron chi connectivity index (χ4n) is 3.78. The average Bonchev–Trinajstić information content (AvgIpc) is 2.79. The molecule has 2 amide bonds. The summed E-state index contributed by atoms with van der Waals surface area (Å²) in [5.41, 5.74) is 0.0964. The molecular weight excluding hydrogens is 442 g/mol. The van der Waals surface area contributed by atoms with Gasteiger partial charge in [-0.05, 0) is 31.9 Å². The van der Waals surface area contributed by atoms with Gasteiger partial charge < -0.3 is 10.2 Å². The van der Waals surface area contributed by atoms with Crippen LogP contribution in [0.2, 0.25) is 0 Å². The lowest BCUT2D eigenvalue weighted by molar-refractivity contribution is 0.164. The lowest BCUT2D eigenvalue weighted by Gasteiger charge is -2.36. The van der Waals surface area contributed by atoms with Crippen molar-refractivity contribution in [3.63, 3.8) is 0 Å². The normalized spacial score (nSPS) is 19.7. The standard InChI is InChI=1S/C19H27N5O5S2/c1-2-30(26,27)23-9-7-17(8-10-23)21-19(25)22-11-13-24(14-12-22)31(28,29)18-6-4-3-5-16(18)15-20/h3-6,17H,2,7-14H2,1H3,(H,21,25). The van der Waals surface area contributed by atoms with Crippen LogP contribution in [-0.2, 0) is 20.0 Å². The zero-order valence-electron chi connectivity index (χ0n) is 17.4. The Morgan fingerprint density at radius 1 is 1.03 bits per heavy atom. The van der Waals surface area contributed by atoms with E-state index in [0.29, 0.717) is 25.9 Å². The third-order valence-corrected chi connectivity index (χ3v) is 9.53. The number of nitrogens with zero attached hydrogens (tertiary/aromatic N) is 4. The maximum atomic E-state index is 12.9. The van der Waals surface area contributed by atoms with Crippen molar-refractivity contribution in [2.24, 2.45) is 0 Å². The van der Waals surface area contributed by atoms with Gasteiger partial charge in [-0.25, -0.2) is 25.9 Å². The molecule has 1 N–H and O–H groups in total. The van der Waals surface area contributed by atoms with Gasteiger partial charge in [-0.2, -0.15) is 9.57 Å². The largest absolute Gasteiger partial charge is 0.335 e. The highest BCUT2D eigenvalue weighted by Gasteiger charge is 2.33. The molecule has 0 spiro atoms. The van der Waals surface area contributed by atoms with Gasteiger partial charge in [0.15, 0.2) is 0 Å². The predicted molar refractivity (Wildman–Crippen MR) is 114 cm³/mol. The molecule has 2 saturated heterocycles. The summed E-state index contributed by atoms with van der Waals surface area (Å²) < 4.78 is 52.4. The molecule has 0 radical (unpaired) electrons. The van der Waals surface area contributed by atoms with E-state index in [1.165, 1.54) is 20.7 Å². The van der Waals surface area contributed by atoms with E-state index in [1.54, 1.807) is 24.0 Å². The van der Waals surface area contributed by atoms with Crippen molar-refractivity contribution >= 4 is 26.1 Å². The molecule has 2 fully saturated rings. The Hall–Kier alpha value is -2.20. The summed E-state index contributed by atoms with van der Waals surface area (Å²) in [5.74, 6) is 0.0655. The Balaban J connectivity index is 1.53. The van der Waals surface area contributed by atoms with Gasteiger partial charge in [0.1, 0.15) is 6.07 Å². The predicted octanol–water partition coefficient (Wildman–Crippen LogP) is 0.388. The summed E-state index contributed by atoms with van der Waals surface area (Å²) in [4.78, 5) is 14.1. The van der Waals surface area contributed by atoms with Crippen LogP contribution in [0.1, 0.15) is 25.3 Å². The average molecular weight is 470 g/mol. The molecule has 31 heavy (non-hydrogen) atoms. The SMILES string of the molecule is CCS(=O)(=O)N1CCC(NC(=O)N2CCN(S(=O)(=O)c3ccccc3C#N)CC2)CC1. The van der Waals surface area contributed by atoms with Crippen LogP contribution in [0.25, 0.3) is 0 Å². The Morgan fingerprint density at radius 2 is 1.65 bits per heavy atom. The smallest absolute Gasteiger partial charge is 0.317 e. The molecule has 0 saturated carbocycles. The second-order valence-corrected chi connectivity index (χ2v) is 11.7. The van der Waals surface area contributed by atoms with Crippen molar-refractivity contribution in [2.75, 3.05) is 45.0 Å². The first-order chi connectivity index (χ1) is 14.7. The van der Waals surface area contributed by atoms with Gasteiger partial charge in [0.05, 0.1) is 16.2 Å². The molecule has 0 aromatic heterocycles. The molecule has 0 atom stereocenters. The maximum Gasteiger partial charge on any atom is 0.317 e. The van der Waals surface area contributed by atoms with E-state index >= 15 is 0 Å². The molecule has 0 unspecified atom stereocenters. The van der Waals surface area contributed by atoms with Crippen LogP contribution in [0.15, 0.2) is 29.2 Å². The van der Waals surface area contributed by atoms with Crippen molar-refractivity contribution in [3.05, 3.63) is 29.8 Å².